The first-order valence-corrected chi connectivity index (χ1v) is 7.66. The van der Waals surface area contributed by atoms with Crippen molar-refractivity contribution >= 4 is 23.2 Å². The molecule has 1 fully saturated rings. The van der Waals surface area contributed by atoms with Crippen molar-refractivity contribution in [1.29, 1.82) is 0 Å². The molecule has 0 radical (unpaired) electrons. The van der Waals surface area contributed by atoms with Crippen LogP contribution in [0, 0.1) is 0 Å². The Morgan fingerprint density at radius 2 is 1.65 bits per heavy atom. The lowest BCUT2D eigenvalue weighted by molar-refractivity contribution is -0.837. The highest BCUT2D eigenvalue weighted by molar-refractivity contribution is 6.27. The van der Waals surface area contributed by atoms with Gasteiger partial charge in [-0.25, -0.2) is 0 Å². The lowest BCUT2D eigenvalue weighted by atomic mass is 10.2. The number of hydrogen-bond donors (Lipinski definition) is 1. The van der Waals surface area contributed by atoms with E-state index < -0.39 is 0 Å². The molecule has 1 N–H and O–H groups in total. The predicted octanol–water partition coefficient (Wildman–Crippen LogP) is -2.69. The Morgan fingerprint density at radius 1 is 1.13 bits per heavy atom. The van der Waals surface area contributed by atoms with Crippen LogP contribution in [0.25, 0.3) is 0 Å². The van der Waals surface area contributed by atoms with E-state index in [4.69, 9.17) is 25.8 Å². The largest absolute Gasteiger partial charge is 1.00 e. The highest BCUT2D eigenvalue weighted by Crippen LogP contribution is 2.38. The number of amides is 1. The fourth-order valence-corrected chi connectivity index (χ4v) is 2.85. The molecule has 130 valence electrons. The Morgan fingerprint density at radius 3 is 2.04 bits per heavy atom. The number of methoxy groups -OCH3 is 3. The van der Waals surface area contributed by atoms with E-state index in [9.17, 15) is 4.79 Å². The molecule has 1 amide bonds. The summed E-state index contributed by atoms with van der Waals surface area (Å²) in [6.07, 6.45) is 0. The fraction of sp³-hybridized carbons (Fsp3) is 0.533. The Kier molecular flexibility index (Phi) is 7.75. The minimum atomic E-state index is -0.00870. The summed E-state index contributed by atoms with van der Waals surface area (Å²) in [7, 11) is 4.80. The van der Waals surface area contributed by atoms with Crippen LogP contribution in [0.2, 0.25) is 0 Å². The number of quaternary nitrogens is 1. The third-order valence-electron chi connectivity index (χ3n) is 3.91. The number of halogens is 2. The molecule has 0 aromatic heterocycles. The monoisotopic (exact) mass is 364 g/mol. The zero-order valence-electron chi connectivity index (χ0n) is 13.5. The molecule has 1 aromatic rings. The zero-order chi connectivity index (χ0) is 16.1. The van der Waals surface area contributed by atoms with Crippen molar-refractivity contribution in [2.24, 2.45) is 0 Å². The second-order valence-electron chi connectivity index (χ2n) is 5.03. The Bertz CT molecular complexity index is 509. The van der Waals surface area contributed by atoms with Crippen molar-refractivity contribution in [3.8, 4) is 17.2 Å². The molecule has 1 saturated heterocycles. The van der Waals surface area contributed by atoms with Gasteiger partial charge in [0, 0.05) is 12.1 Å². The summed E-state index contributed by atoms with van der Waals surface area (Å²) < 4.78 is 16.1. The van der Waals surface area contributed by atoms with Crippen LogP contribution in [-0.2, 0) is 4.79 Å². The number of carbonyl (C=O) groups excluding carboxylic acids is 1. The van der Waals surface area contributed by atoms with Gasteiger partial charge in [0.25, 0.3) is 0 Å². The minimum Gasteiger partial charge on any atom is -1.00 e. The lowest BCUT2D eigenvalue weighted by Crippen LogP contribution is -3.10. The summed E-state index contributed by atoms with van der Waals surface area (Å²) in [5.41, 5.74) is 1.06. The van der Waals surface area contributed by atoms with E-state index in [0.717, 1.165) is 18.8 Å². The van der Waals surface area contributed by atoms with Crippen LogP contribution in [0.3, 0.4) is 0 Å². The maximum absolute atomic E-state index is 11.6. The second kappa shape index (κ2) is 9.05. The molecule has 1 aliphatic rings. The quantitative estimate of drug-likeness (QED) is 0.578. The molecular formula is C15H22Cl2N2O4. The normalized spacial score (nSPS) is 14.9. The number of rotatable bonds is 5. The first kappa shape index (κ1) is 19.7. The van der Waals surface area contributed by atoms with Crippen LogP contribution >= 0.6 is 11.6 Å². The van der Waals surface area contributed by atoms with Crippen molar-refractivity contribution in [3.63, 3.8) is 0 Å². The Hall–Kier alpha value is -1.37. The number of ether oxygens (including phenoxy) is 3. The lowest BCUT2D eigenvalue weighted by Gasteiger charge is -2.32. The van der Waals surface area contributed by atoms with Crippen molar-refractivity contribution in [2.45, 2.75) is 0 Å². The van der Waals surface area contributed by atoms with Gasteiger partial charge in [0.15, 0.2) is 11.5 Å². The summed E-state index contributed by atoms with van der Waals surface area (Å²) in [5.74, 6) is 1.90. The maximum Gasteiger partial charge on any atom is 0.237 e. The average molecular weight is 365 g/mol. The number of piperazine rings is 1. The molecular weight excluding hydrogens is 343 g/mol. The van der Waals surface area contributed by atoms with E-state index in [1.807, 2.05) is 12.1 Å². The van der Waals surface area contributed by atoms with Gasteiger partial charge in [-0.15, -0.1) is 11.6 Å². The second-order valence-corrected chi connectivity index (χ2v) is 5.30. The molecule has 6 nitrogen and oxygen atoms in total. The van der Waals surface area contributed by atoms with E-state index in [-0.39, 0.29) is 24.2 Å². The van der Waals surface area contributed by atoms with Crippen molar-refractivity contribution in [1.82, 2.24) is 4.90 Å². The summed E-state index contributed by atoms with van der Waals surface area (Å²) in [6, 6.07) is 3.91. The van der Waals surface area contributed by atoms with Gasteiger partial charge in [0.2, 0.25) is 11.7 Å². The van der Waals surface area contributed by atoms with Gasteiger partial charge in [0.1, 0.15) is 11.6 Å². The van der Waals surface area contributed by atoms with E-state index in [1.165, 1.54) is 4.90 Å². The molecule has 0 unspecified atom stereocenters. The third-order valence-corrected chi connectivity index (χ3v) is 4.14. The number of benzene rings is 1. The van der Waals surface area contributed by atoms with E-state index >= 15 is 0 Å². The van der Waals surface area contributed by atoms with Crippen molar-refractivity contribution in [2.75, 3.05) is 53.4 Å². The number of hydrogen-bond acceptors (Lipinski definition) is 4. The average Bonchev–Trinajstić information content (AvgIpc) is 2.59. The number of alkyl halides is 1. The molecule has 0 bridgehead atoms. The van der Waals surface area contributed by atoms with Crippen LogP contribution < -0.4 is 31.5 Å². The molecule has 0 saturated carbocycles. The molecule has 1 aromatic carbocycles. The number of carbonyl (C=O) groups is 1. The van der Waals surface area contributed by atoms with Gasteiger partial charge in [0.05, 0.1) is 47.5 Å². The van der Waals surface area contributed by atoms with Crippen molar-refractivity contribution in [3.05, 3.63) is 12.1 Å². The molecule has 23 heavy (non-hydrogen) atoms. The van der Waals surface area contributed by atoms with Crippen LogP contribution in [0.1, 0.15) is 0 Å². The van der Waals surface area contributed by atoms with Crippen LogP contribution in [0.4, 0.5) is 5.69 Å². The molecule has 2 rings (SSSR count). The Balaban J connectivity index is 0.00000264. The van der Waals surface area contributed by atoms with Gasteiger partial charge < -0.3 is 31.5 Å². The molecule has 0 spiro atoms. The third kappa shape index (κ3) is 4.34. The summed E-state index contributed by atoms with van der Waals surface area (Å²) in [5, 5.41) is 0. The zero-order valence-corrected chi connectivity index (χ0v) is 15.0. The summed E-state index contributed by atoms with van der Waals surface area (Å²) >= 11 is 5.61. The van der Waals surface area contributed by atoms with Crippen molar-refractivity contribution < 1.29 is 36.3 Å². The first-order valence-electron chi connectivity index (χ1n) is 7.13. The maximum atomic E-state index is 11.6. The summed E-state index contributed by atoms with van der Waals surface area (Å²) in [6.45, 7) is 3.03. The standard InChI is InChI=1S/C15H21ClN2O4.ClH/c1-20-12-8-11(9-13(21-2)15(12)22-3)17-4-6-18(7-5-17)14(19)10-16;/h8-9H,4-7,10H2,1-3H3;1H. The van der Waals surface area contributed by atoms with Gasteiger partial charge in [-0.3, -0.25) is 9.69 Å². The molecule has 0 aliphatic carbocycles. The topological polar surface area (TPSA) is 52.4 Å². The molecule has 0 atom stereocenters. The smallest absolute Gasteiger partial charge is 0.237 e. The fourth-order valence-electron chi connectivity index (χ4n) is 2.68. The highest BCUT2D eigenvalue weighted by atomic mass is 35.5. The highest BCUT2D eigenvalue weighted by Gasteiger charge is 2.26. The molecule has 8 heteroatoms. The minimum absolute atomic E-state index is 0. The van der Waals surface area contributed by atoms with Gasteiger partial charge in [-0.1, -0.05) is 0 Å². The summed E-state index contributed by atoms with van der Waals surface area (Å²) in [4.78, 5) is 14.7. The number of nitrogens with one attached hydrogen (secondary N) is 1. The first-order chi connectivity index (χ1) is 10.6. The van der Waals surface area contributed by atoms with E-state index in [2.05, 4.69) is 0 Å². The van der Waals surface area contributed by atoms with Gasteiger partial charge in [-0.2, -0.15) is 0 Å². The molecule has 1 heterocycles. The molecule has 1 aliphatic heterocycles. The Labute approximate surface area is 147 Å². The van der Waals surface area contributed by atoms with Gasteiger partial charge >= 0.3 is 0 Å². The number of nitrogens with zero attached hydrogens (tertiary/aromatic N) is 1. The predicted molar refractivity (Wildman–Crippen MR) is 83.8 cm³/mol. The van der Waals surface area contributed by atoms with Crippen LogP contribution in [-0.4, -0.2) is 64.2 Å². The van der Waals surface area contributed by atoms with E-state index in [0.29, 0.717) is 30.3 Å². The van der Waals surface area contributed by atoms with Crippen LogP contribution in [0.15, 0.2) is 12.1 Å². The van der Waals surface area contributed by atoms with Gasteiger partial charge in [-0.05, 0) is 0 Å². The van der Waals surface area contributed by atoms with E-state index in [1.54, 1.807) is 26.2 Å². The SMILES string of the molecule is COc1cc([NH+]2CCN(C(=O)CCl)CC2)cc(OC)c1OC.[Cl-]. The van der Waals surface area contributed by atoms with Crippen LogP contribution in [0.5, 0.6) is 17.2 Å².